The van der Waals surface area contributed by atoms with Gasteiger partial charge in [0.1, 0.15) is 0 Å². The molecule has 1 aliphatic carbocycles. The number of rotatable bonds is 6. The zero-order valence-electron chi connectivity index (χ0n) is 16.7. The Balaban J connectivity index is 1.53. The maximum absolute atomic E-state index is 13.4. The molecular weight excluding hydrogens is 386 g/mol. The zero-order chi connectivity index (χ0) is 20.5. The van der Waals surface area contributed by atoms with Gasteiger partial charge in [0.2, 0.25) is 15.9 Å². The van der Waals surface area contributed by atoms with Crippen LogP contribution in [0.3, 0.4) is 0 Å². The molecule has 1 aliphatic heterocycles. The third kappa shape index (κ3) is 4.21. The summed E-state index contributed by atoms with van der Waals surface area (Å²) in [6.45, 7) is 1.42. The highest BCUT2D eigenvalue weighted by Crippen LogP contribution is 2.49. The van der Waals surface area contributed by atoms with Crippen LogP contribution in [-0.4, -0.2) is 53.9 Å². The Morgan fingerprint density at radius 1 is 1.21 bits per heavy atom. The summed E-state index contributed by atoms with van der Waals surface area (Å²) in [5.41, 5.74) is 1.51. The second-order valence-electron chi connectivity index (χ2n) is 8.16. The molecule has 2 heterocycles. The average Bonchev–Trinajstić information content (AvgIpc) is 3.54. The van der Waals surface area contributed by atoms with Gasteiger partial charge >= 0.3 is 0 Å². The maximum Gasteiger partial charge on any atom is 0.233 e. The zero-order valence-corrected chi connectivity index (χ0v) is 17.5. The number of carbonyl (C=O) groups excluding carboxylic acids is 1. The predicted octanol–water partition coefficient (Wildman–Crippen LogP) is 2.57. The summed E-state index contributed by atoms with van der Waals surface area (Å²) in [7, 11) is -3.42. The Bertz CT molecular complexity index is 959. The Kier molecular flexibility index (Phi) is 5.44. The summed E-state index contributed by atoms with van der Waals surface area (Å²) in [6, 6.07) is 13.4. The summed E-state index contributed by atoms with van der Waals surface area (Å²) in [4.78, 5) is 19.4. The third-order valence-electron chi connectivity index (χ3n) is 6.06. The van der Waals surface area contributed by atoms with Gasteiger partial charge in [0.25, 0.3) is 0 Å². The average molecular weight is 414 g/mol. The lowest BCUT2D eigenvalue weighted by atomic mass is 9.93. The lowest BCUT2D eigenvalue weighted by Gasteiger charge is -2.39. The van der Waals surface area contributed by atoms with E-state index in [9.17, 15) is 13.2 Å². The number of carbonyl (C=O) groups is 1. The van der Waals surface area contributed by atoms with Crippen LogP contribution in [-0.2, 0) is 26.8 Å². The lowest BCUT2D eigenvalue weighted by Crippen LogP contribution is -2.53. The number of hydrogen-bond acceptors (Lipinski definition) is 4. The minimum Gasteiger partial charge on any atom is -0.340 e. The Hall–Kier alpha value is -2.25. The van der Waals surface area contributed by atoms with E-state index in [4.69, 9.17) is 0 Å². The summed E-state index contributed by atoms with van der Waals surface area (Å²) in [5, 5.41) is 0. The molecule has 1 atom stereocenters. The number of likely N-dealkylation sites (tertiary alicyclic amines) is 1. The molecule has 6 nitrogen and oxygen atoms in total. The Morgan fingerprint density at radius 3 is 2.59 bits per heavy atom. The number of pyridine rings is 1. The van der Waals surface area contributed by atoms with E-state index < -0.39 is 15.4 Å². The molecule has 0 N–H and O–H groups in total. The van der Waals surface area contributed by atoms with E-state index >= 15 is 0 Å². The fraction of sp³-hybridized carbons (Fsp3) is 0.455. The van der Waals surface area contributed by atoms with Crippen LogP contribution < -0.4 is 0 Å². The topological polar surface area (TPSA) is 70.6 Å². The normalized spacial score (nSPS) is 21.2. The van der Waals surface area contributed by atoms with E-state index in [-0.39, 0.29) is 18.5 Å². The molecule has 0 radical (unpaired) electrons. The molecule has 4 rings (SSSR count). The number of nitrogens with zero attached hydrogens (tertiary/aromatic N) is 3. The van der Waals surface area contributed by atoms with Gasteiger partial charge in [0.05, 0.1) is 11.7 Å². The third-order valence-corrected chi connectivity index (χ3v) is 7.34. The van der Waals surface area contributed by atoms with Gasteiger partial charge < -0.3 is 4.90 Å². The van der Waals surface area contributed by atoms with Gasteiger partial charge in [-0.25, -0.2) is 8.42 Å². The van der Waals surface area contributed by atoms with Crippen LogP contribution in [0.1, 0.15) is 36.8 Å². The van der Waals surface area contributed by atoms with Crippen LogP contribution in [0.15, 0.2) is 54.9 Å². The fourth-order valence-corrected chi connectivity index (χ4v) is 5.47. The van der Waals surface area contributed by atoms with Crippen LogP contribution in [0, 0.1) is 0 Å². The van der Waals surface area contributed by atoms with Gasteiger partial charge in [0, 0.05) is 38.1 Å². The van der Waals surface area contributed by atoms with Crippen LogP contribution in [0.4, 0.5) is 0 Å². The summed E-state index contributed by atoms with van der Waals surface area (Å²) in [5.74, 6) is 0.142. The van der Waals surface area contributed by atoms with Crippen molar-refractivity contribution in [3.63, 3.8) is 0 Å². The quantitative estimate of drug-likeness (QED) is 0.730. The molecule has 1 saturated heterocycles. The molecule has 2 fully saturated rings. The van der Waals surface area contributed by atoms with Crippen molar-refractivity contribution in [1.29, 1.82) is 0 Å². The van der Waals surface area contributed by atoms with Crippen molar-refractivity contribution >= 4 is 15.9 Å². The Labute approximate surface area is 172 Å². The number of aromatic nitrogens is 1. The van der Waals surface area contributed by atoms with E-state index in [1.54, 1.807) is 12.4 Å². The van der Waals surface area contributed by atoms with Crippen molar-refractivity contribution in [2.45, 2.75) is 43.7 Å². The highest BCUT2D eigenvalue weighted by Gasteiger charge is 2.53. The van der Waals surface area contributed by atoms with Crippen molar-refractivity contribution in [2.75, 3.05) is 19.3 Å². The number of sulfonamides is 1. The molecule has 154 valence electrons. The standard InChI is InChI=1S/C22H27N3O3S/c1-29(27,28)25(16-18-7-5-13-23-15-18)20-10-6-14-24(17-20)21(26)22(11-12-22)19-8-3-2-4-9-19/h2-5,7-9,13,15,20H,6,10-12,14,16-17H2,1H3. The lowest BCUT2D eigenvalue weighted by molar-refractivity contribution is -0.135. The van der Waals surface area contributed by atoms with Gasteiger partial charge in [0.15, 0.2) is 0 Å². The molecule has 1 aromatic carbocycles. The molecule has 1 saturated carbocycles. The first-order valence-corrected chi connectivity index (χ1v) is 12.0. The minimum atomic E-state index is -3.42. The first-order chi connectivity index (χ1) is 13.9. The highest BCUT2D eigenvalue weighted by atomic mass is 32.2. The van der Waals surface area contributed by atoms with Crippen LogP contribution in [0.25, 0.3) is 0 Å². The highest BCUT2D eigenvalue weighted by molar-refractivity contribution is 7.88. The van der Waals surface area contributed by atoms with E-state index in [1.807, 2.05) is 47.4 Å². The minimum absolute atomic E-state index is 0.142. The van der Waals surface area contributed by atoms with E-state index in [0.29, 0.717) is 13.1 Å². The van der Waals surface area contributed by atoms with Crippen LogP contribution >= 0.6 is 0 Å². The smallest absolute Gasteiger partial charge is 0.233 e. The second kappa shape index (κ2) is 7.88. The van der Waals surface area contributed by atoms with Crippen molar-refractivity contribution < 1.29 is 13.2 Å². The number of hydrogen-bond donors (Lipinski definition) is 0. The molecular formula is C22H27N3O3S. The molecule has 7 heteroatoms. The Morgan fingerprint density at radius 2 is 1.97 bits per heavy atom. The second-order valence-corrected chi connectivity index (χ2v) is 10.1. The maximum atomic E-state index is 13.4. The van der Waals surface area contributed by atoms with Crippen molar-refractivity contribution in [2.24, 2.45) is 0 Å². The molecule has 1 aromatic heterocycles. The molecule has 2 aliphatic rings. The summed E-state index contributed by atoms with van der Waals surface area (Å²) in [6.07, 6.45) is 7.91. The van der Waals surface area contributed by atoms with E-state index in [2.05, 4.69) is 4.98 Å². The van der Waals surface area contributed by atoms with E-state index in [1.165, 1.54) is 10.6 Å². The van der Waals surface area contributed by atoms with Gasteiger partial charge in [-0.3, -0.25) is 9.78 Å². The SMILES string of the molecule is CS(=O)(=O)N(Cc1cccnc1)C1CCCN(C(=O)C2(c3ccccc3)CC2)C1. The first-order valence-electron chi connectivity index (χ1n) is 10.1. The van der Waals surface area contributed by atoms with Gasteiger partial charge in [-0.05, 0) is 42.9 Å². The van der Waals surface area contributed by atoms with Crippen molar-refractivity contribution in [1.82, 2.24) is 14.2 Å². The molecule has 2 aromatic rings. The monoisotopic (exact) mass is 413 g/mol. The van der Waals surface area contributed by atoms with Gasteiger partial charge in [-0.1, -0.05) is 36.4 Å². The van der Waals surface area contributed by atoms with E-state index in [0.717, 1.165) is 36.8 Å². The summed E-state index contributed by atoms with van der Waals surface area (Å²) < 4.78 is 26.6. The molecule has 0 bridgehead atoms. The van der Waals surface area contributed by atoms with Crippen molar-refractivity contribution in [3.8, 4) is 0 Å². The number of benzene rings is 1. The number of amides is 1. The molecule has 1 unspecified atom stereocenters. The van der Waals surface area contributed by atoms with Crippen molar-refractivity contribution in [3.05, 3.63) is 66.0 Å². The van der Waals surface area contributed by atoms with Crippen LogP contribution in [0.2, 0.25) is 0 Å². The first kappa shape index (κ1) is 20.0. The fourth-order valence-electron chi connectivity index (χ4n) is 4.37. The number of piperidine rings is 1. The van der Waals surface area contributed by atoms with Gasteiger partial charge in [-0.2, -0.15) is 4.31 Å². The molecule has 1 amide bonds. The molecule has 29 heavy (non-hydrogen) atoms. The van der Waals surface area contributed by atoms with Crippen LogP contribution in [0.5, 0.6) is 0 Å². The predicted molar refractivity (Wildman–Crippen MR) is 112 cm³/mol. The molecule has 0 spiro atoms. The summed E-state index contributed by atoms with van der Waals surface area (Å²) >= 11 is 0. The largest absolute Gasteiger partial charge is 0.340 e. The van der Waals surface area contributed by atoms with Gasteiger partial charge in [-0.15, -0.1) is 0 Å².